The predicted molar refractivity (Wildman–Crippen MR) is 103 cm³/mol. The average molecular weight is 424 g/mol. The quantitative estimate of drug-likeness (QED) is 0.370. The Morgan fingerprint density at radius 3 is 2.17 bits per heavy atom. The fraction of sp³-hybridized carbons (Fsp3) is 0.211. The Balaban J connectivity index is 2.30. The van der Waals surface area contributed by atoms with Crippen LogP contribution in [0.3, 0.4) is 0 Å². The third-order valence-electron chi connectivity index (χ3n) is 3.76. The van der Waals surface area contributed by atoms with E-state index in [9.17, 15) is 23.7 Å². The number of amides is 1. The molecule has 0 heterocycles. The highest BCUT2D eigenvalue weighted by atomic mass is 19.3. The van der Waals surface area contributed by atoms with Gasteiger partial charge in [-0.15, -0.1) is 0 Å². The maximum atomic E-state index is 12.5. The standard InChI is InChI=1S/C19H18F2N2O7/c1-27-13-7-12(8-14(9-13)28-2)22-18(24)5-4-11-6-16(29-3)17(30-19(20)21)10-15(11)23(25)26/h4-10,19H,1-3H3,(H,22,24)/b5-4+. The van der Waals surface area contributed by atoms with E-state index >= 15 is 0 Å². The number of halogens is 2. The fourth-order valence-electron chi connectivity index (χ4n) is 2.43. The van der Waals surface area contributed by atoms with Crippen LogP contribution in [0.4, 0.5) is 20.2 Å². The SMILES string of the molecule is COc1cc(NC(=O)/C=C/c2cc(OC)c(OC(F)F)cc2[N+](=O)[O-])cc(OC)c1. The number of carbonyl (C=O) groups is 1. The van der Waals surface area contributed by atoms with E-state index in [0.29, 0.717) is 17.2 Å². The van der Waals surface area contributed by atoms with E-state index in [4.69, 9.17) is 14.2 Å². The second-order valence-corrected chi connectivity index (χ2v) is 5.62. The van der Waals surface area contributed by atoms with E-state index in [-0.39, 0.29) is 11.3 Å². The molecule has 0 unspecified atom stereocenters. The number of anilines is 1. The summed E-state index contributed by atoms with van der Waals surface area (Å²) in [5.41, 5.74) is -0.219. The van der Waals surface area contributed by atoms with Gasteiger partial charge in [-0.3, -0.25) is 14.9 Å². The summed E-state index contributed by atoms with van der Waals surface area (Å²) in [6.45, 7) is -3.19. The summed E-state index contributed by atoms with van der Waals surface area (Å²) in [5, 5.41) is 13.9. The van der Waals surface area contributed by atoms with Gasteiger partial charge in [-0.1, -0.05) is 0 Å². The van der Waals surface area contributed by atoms with Gasteiger partial charge in [0.25, 0.3) is 5.69 Å². The first kappa shape index (κ1) is 22.4. The molecule has 0 aliphatic carbocycles. The number of hydrogen-bond donors (Lipinski definition) is 1. The lowest BCUT2D eigenvalue weighted by Gasteiger charge is -2.11. The van der Waals surface area contributed by atoms with Crippen molar-refractivity contribution >= 4 is 23.4 Å². The molecule has 0 aromatic heterocycles. The second-order valence-electron chi connectivity index (χ2n) is 5.62. The minimum Gasteiger partial charge on any atom is -0.497 e. The molecule has 2 aromatic rings. The van der Waals surface area contributed by atoms with Gasteiger partial charge in [-0.2, -0.15) is 8.78 Å². The van der Waals surface area contributed by atoms with Gasteiger partial charge in [0, 0.05) is 30.0 Å². The highest BCUT2D eigenvalue weighted by Crippen LogP contribution is 2.36. The lowest BCUT2D eigenvalue weighted by Crippen LogP contribution is -2.08. The highest BCUT2D eigenvalue weighted by molar-refractivity contribution is 6.02. The zero-order chi connectivity index (χ0) is 22.3. The number of rotatable bonds is 9. The number of nitro groups is 1. The van der Waals surface area contributed by atoms with Crippen molar-refractivity contribution in [2.45, 2.75) is 6.61 Å². The van der Waals surface area contributed by atoms with Crippen molar-refractivity contribution in [3.63, 3.8) is 0 Å². The minimum atomic E-state index is -3.19. The van der Waals surface area contributed by atoms with Crippen LogP contribution in [0.15, 0.2) is 36.4 Å². The Morgan fingerprint density at radius 2 is 1.67 bits per heavy atom. The van der Waals surface area contributed by atoms with E-state index in [1.54, 1.807) is 18.2 Å². The Labute approximate surface area is 170 Å². The van der Waals surface area contributed by atoms with Crippen molar-refractivity contribution < 1.29 is 37.4 Å². The molecule has 9 nitrogen and oxygen atoms in total. The van der Waals surface area contributed by atoms with Crippen molar-refractivity contribution in [3.8, 4) is 23.0 Å². The van der Waals surface area contributed by atoms with Gasteiger partial charge in [-0.25, -0.2) is 0 Å². The molecule has 0 aliphatic heterocycles. The maximum Gasteiger partial charge on any atom is 0.387 e. The lowest BCUT2D eigenvalue weighted by atomic mass is 10.1. The van der Waals surface area contributed by atoms with Crippen LogP contribution in [0.1, 0.15) is 5.56 Å². The fourth-order valence-corrected chi connectivity index (χ4v) is 2.43. The van der Waals surface area contributed by atoms with Gasteiger partial charge in [0.1, 0.15) is 11.5 Å². The third kappa shape index (κ3) is 5.80. The highest BCUT2D eigenvalue weighted by Gasteiger charge is 2.20. The Bertz CT molecular complexity index is 942. The van der Waals surface area contributed by atoms with Crippen molar-refractivity contribution in [3.05, 3.63) is 52.1 Å². The van der Waals surface area contributed by atoms with Crippen molar-refractivity contribution in [1.82, 2.24) is 0 Å². The van der Waals surface area contributed by atoms with Crippen LogP contribution < -0.4 is 24.3 Å². The first-order chi connectivity index (χ1) is 14.3. The number of carbonyl (C=O) groups excluding carboxylic acids is 1. The molecule has 0 bridgehead atoms. The monoisotopic (exact) mass is 424 g/mol. The van der Waals surface area contributed by atoms with E-state index in [1.807, 2.05) is 0 Å². The number of nitrogens with one attached hydrogen (secondary N) is 1. The molecule has 11 heteroatoms. The molecule has 2 aromatic carbocycles. The van der Waals surface area contributed by atoms with Crippen LogP contribution in [-0.4, -0.2) is 38.8 Å². The van der Waals surface area contributed by atoms with Crippen molar-refractivity contribution in [2.75, 3.05) is 26.6 Å². The average Bonchev–Trinajstić information content (AvgIpc) is 2.71. The normalized spacial score (nSPS) is 10.7. The Morgan fingerprint density at radius 1 is 1.03 bits per heavy atom. The molecule has 0 fully saturated rings. The van der Waals surface area contributed by atoms with Gasteiger partial charge in [0.2, 0.25) is 5.91 Å². The molecule has 2 rings (SSSR count). The minimum absolute atomic E-state index is 0.0446. The molecule has 0 atom stereocenters. The molecule has 30 heavy (non-hydrogen) atoms. The summed E-state index contributed by atoms with van der Waals surface area (Å²) in [6.07, 6.45) is 2.20. The Kier molecular flexibility index (Phi) is 7.50. The number of ether oxygens (including phenoxy) is 4. The molecule has 1 amide bonds. The third-order valence-corrected chi connectivity index (χ3v) is 3.76. The van der Waals surface area contributed by atoms with Crippen LogP contribution in [0.25, 0.3) is 6.08 Å². The maximum absolute atomic E-state index is 12.5. The summed E-state index contributed by atoms with van der Waals surface area (Å²) in [5.74, 6) is -0.360. The zero-order valence-electron chi connectivity index (χ0n) is 16.2. The molecule has 0 radical (unpaired) electrons. The zero-order valence-corrected chi connectivity index (χ0v) is 16.2. The number of nitrogens with zero attached hydrogens (tertiary/aromatic N) is 1. The summed E-state index contributed by atoms with van der Waals surface area (Å²) < 4.78 is 44.4. The van der Waals surface area contributed by atoms with E-state index in [0.717, 1.165) is 24.3 Å². The van der Waals surface area contributed by atoms with Gasteiger partial charge in [0.15, 0.2) is 11.5 Å². The van der Waals surface area contributed by atoms with Gasteiger partial charge < -0.3 is 24.3 Å². The predicted octanol–water partition coefficient (Wildman–Crippen LogP) is 3.87. The van der Waals surface area contributed by atoms with E-state index in [2.05, 4.69) is 10.1 Å². The van der Waals surface area contributed by atoms with Gasteiger partial charge >= 0.3 is 6.61 Å². The largest absolute Gasteiger partial charge is 0.497 e. The topological polar surface area (TPSA) is 109 Å². The van der Waals surface area contributed by atoms with Crippen LogP contribution in [0.5, 0.6) is 23.0 Å². The number of hydrogen-bond acceptors (Lipinski definition) is 7. The molecule has 0 spiro atoms. The molecular formula is C19H18F2N2O7. The number of methoxy groups -OCH3 is 3. The Hall–Kier alpha value is -3.89. The molecule has 1 N–H and O–H groups in total. The summed E-state index contributed by atoms with van der Waals surface area (Å²) in [7, 11) is 4.10. The lowest BCUT2D eigenvalue weighted by molar-refractivity contribution is -0.385. The molecular weight excluding hydrogens is 406 g/mol. The number of alkyl halides is 2. The summed E-state index contributed by atoms with van der Waals surface area (Å²) in [6, 6.07) is 6.64. The second kappa shape index (κ2) is 10.0. The van der Waals surface area contributed by atoms with Crippen LogP contribution in [-0.2, 0) is 4.79 Å². The first-order valence-electron chi connectivity index (χ1n) is 8.30. The summed E-state index contributed by atoms with van der Waals surface area (Å²) >= 11 is 0. The smallest absolute Gasteiger partial charge is 0.387 e. The van der Waals surface area contributed by atoms with E-state index in [1.165, 1.54) is 21.3 Å². The van der Waals surface area contributed by atoms with Crippen LogP contribution >= 0.6 is 0 Å². The first-order valence-corrected chi connectivity index (χ1v) is 8.30. The van der Waals surface area contributed by atoms with Crippen LogP contribution in [0, 0.1) is 10.1 Å². The number of benzene rings is 2. The molecule has 0 aliphatic rings. The van der Waals surface area contributed by atoms with Gasteiger partial charge in [0.05, 0.1) is 37.9 Å². The molecule has 160 valence electrons. The van der Waals surface area contributed by atoms with Gasteiger partial charge in [-0.05, 0) is 12.1 Å². The van der Waals surface area contributed by atoms with Crippen LogP contribution in [0.2, 0.25) is 0 Å². The van der Waals surface area contributed by atoms with Crippen molar-refractivity contribution in [2.24, 2.45) is 0 Å². The van der Waals surface area contributed by atoms with Crippen molar-refractivity contribution in [1.29, 1.82) is 0 Å². The molecule has 0 saturated carbocycles. The number of nitro benzene ring substituents is 1. The van der Waals surface area contributed by atoms with E-state index < -0.39 is 28.9 Å². The molecule has 0 saturated heterocycles. The summed E-state index contributed by atoms with van der Waals surface area (Å²) in [4.78, 5) is 22.7.